The third kappa shape index (κ3) is 20.7. The van der Waals surface area contributed by atoms with Crippen molar-refractivity contribution in [2.45, 2.75) is 141 Å². The Kier molecular flexibility index (Phi) is 25.6. The van der Waals surface area contributed by atoms with E-state index in [1.807, 2.05) is 0 Å². The Hall–Kier alpha value is -6.31. The fourth-order valence-electron chi connectivity index (χ4n) is 6.62. The number of carbonyl (C=O) groups excluding carboxylic acids is 8. The molecule has 1 aliphatic rings. The number of hydrogen-bond donors (Lipinski definition) is 14. The molecule has 26 nitrogen and oxygen atoms in total. The Morgan fingerprint density at radius 1 is 0.682 bits per heavy atom. The number of nitrogens with two attached hydrogens (primary N) is 5. The van der Waals surface area contributed by atoms with Crippen LogP contribution in [0.5, 0.6) is 0 Å². The minimum absolute atomic E-state index is 0.00847. The van der Waals surface area contributed by atoms with Gasteiger partial charge < -0.3 is 81.0 Å². The molecule has 26 heteroatoms. The largest absolute Gasteiger partial charge is 0.480 e. The monoisotopic (exact) mass is 940 g/mol. The molecule has 19 N–H and O–H groups in total. The van der Waals surface area contributed by atoms with E-state index in [4.69, 9.17) is 28.7 Å². The Morgan fingerprint density at radius 2 is 1.23 bits per heavy atom. The van der Waals surface area contributed by atoms with Crippen molar-refractivity contribution in [2.24, 2.45) is 50.5 Å². The summed E-state index contributed by atoms with van der Waals surface area (Å²) in [6.45, 7) is 8.71. The van der Waals surface area contributed by atoms with E-state index in [9.17, 15) is 53.4 Å². The van der Waals surface area contributed by atoms with Gasteiger partial charge in [-0.2, -0.15) is 0 Å². The maximum Gasteiger partial charge on any atom is 0.326 e. The summed E-state index contributed by atoms with van der Waals surface area (Å²) in [4.78, 5) is 127. The minimum atomic E-state index is -1.61. The van der Waals surface area contributed by atoms with Crippen molar-refractivity contribution in [1.82, 2.24) is 42.1 Å². The third-order valence-corrected chi connectivity index (χ3v) is 10.5. The number of aliphatic hydroxyl groups is 1. The number of nitrogens with one attached hydrogen (secondary N) is 7. The number of carboxylic acid groups (broad SMARTS) is 1. The van der Waals surface area contributed by atoms with Gasteiger partial charge in [-0.15, -0.1) is 0 Å². The number of nitrogens with zero attached hydrogens (tertiary/aromatic N) is 3. The number of amides is 8. The van der Waals surface area contributed by atoms with Gasteiger partial charge in [-0.1, -0.05) is 34.1 Å². The highest BCUT2D eigenvalue weighted by Gasteiger charge is 2.37. The Morgan fingerprint density at radius 3 is 1.74 bits per heavy atom. The zero-order valence-corrected chi connectivity index (χ0v) is 38.8. The number of carboxylic acids is 1. The van der Waals surface area contributed by atoms with Crippen LogP contribution in [0.25, 0.3) is 0 Å². The van der Waals surface area contributed by atoms with Crippen molar-refractivity contribution in [1.29, 1.82) is 0 Å². The summed E-state index contributed by atoms with van der Waals surface area (Å²) in [6, 6.07) is -9.66. The van der Waals surface area contributed by atoms with E-state index in [1.165, 1.54) is 18.7 Å². The summed E-state index contributed by atoms with van der Waals surface area (Å²) in [5.74, 6) is -8.36. The highest BCUT2D eigenvalue weighted by molar-refractivity contribution is 5.97. The second-order valence-corrected chi connectivity index (χ2v) is 16.6. The molecule has 1 heterocycles. The van der Waals surface area contributed by atoms with Crippen LogP contribution >= 0.6 is 0 Å². The molecule has 0 aromatic carbocycles. The van der Waals surface area contributed by atoms with Gasteiger partial charge in [0.05, 0.1) is 19.2 Å². The maximum absolute atomic E-state index is 13.8. The summed E-state index contributed by atoms with van der Waals surface area (Å²) in [7, 11) is 0. The SMILES string of the molecule is CC[C@H](C)[C@H](NC(=O)[C@H](CCCN=C(N)N)NC(=O)[C@H](C)NC(=O)[C@H](C)N)C(=O)N[C@@H](CO)C(=O)N[C@@H](CC(C)C)C(=O)NCC(=O)N1CCC[C@H]1C(=O)N[C@@H](CCCN=C(N)N)C(=O)O. The second-order valence-electron chi connectivity index (χ2n) is 16.6. The highest BCUT2D eigenvalue weighted by atomic mass is 16.4. The fourth-order valence-corrected chi connectivity index (χ4v) is 6.62. The summed E-state index contributed by atoms with van der Waals surface area (Å²) in [5.41, 5.74) is 27.0. The first-order valence-corrected chi connectivity index (χ1v) is 22.0. The van der Waals surface area contributed by atoms with Crippen LogP contribution in [0.3, 0.4) is 0 Å². The van der Waals surface area contributed by atoms with Gasteiger partial charge >= 0.3 is 5.97 Å². The normalized spacial score (nSPS) is 16.9. The van der Waals surface area contributed by atoms with Crippen LogP contribution < -0.4 is 65.9 Å². The number of aliphatic carboxylic acids is 1. The summed E-state index contributed by atoms with van der Waals surface area (Å²) < 4.78 is 0. The number of aliphatic imine (C=N–C) groups is 2. The predicted octanol–water partition coefficient (Wildman–Crippen LogP) is -5.35. The van der Waals surface area contributed by atoms with Gasteiger partial charge in [0, 0.05) is 19.6 Å². The van der Waals surface area contributed by atoms with Gasteiger partial charge in [-0.05, 0) is 70.6 Å². The molecule has 0 aromatic rings. The first kappa shape index (κ1) is 57.7. The molecular weight excluding hydrogens is 867 g/mol. The first-order valence-electron chi connectivity index (χ1n) is 22.0. The zero-order chi connectivity index (χ0) is 50.3. The van der Waals surface area contributed by atoms with Crippen molar-refractivity contribution in [2.75, 3.05) is 32.8 Å². The molecule has 0 saturated carbocycles. The highest BCUT2D eigenvalue weighted by Crippen LogP contribution is 2.18. The first-order chi connectivity index (χ1) is 30.9. The minimum Gasteiger partial charge on any atom is -0.480 e. The van der Waals surface area contributed by atoms with E-state index in [0.717, 1.165) is 0 Å². The fraction of sp³-hybridized carbons (Fsp3) is 0.725. The Labute approximate surface area is 384 Å². The smallest absolute Gasteiger partial charge is 0.326 e. The molecule has 0 aromatic heterocycles. The molecule has 0 bridgehead atoms. The van der Waals surface area contributed by atoms with E-state index < -0.39 is 121 Å². The van der Waals surface area contributed by atoms with Gasteiger partial charge in [0.1, 0.15) is 42.3 Å². The number of guanidine groups is 2. The molecular formula is C40H73N15O11. The molecule has 9 atom stereocenters. The lowest BCUT2D eigenvalue weighted by Crippen LogP contribution is -2.61. The van der Waals surface area contributed by atoms with Crippen molar-refractivity contribution in [3.8, 4) is 0 Å². The van der Waals surface area contributed by atoms with E-state index in [1.54, 1.807) is 27.7 Å². The molecule has 374 valence electrons. The molecule has 8 amide bonds. The van der Waals surface area contributed by atoms with Crippen LogP contribution in [0.2, 0.25) is 0 Å². The molecule has 0 unspecified atom stereocenters. The molecule has 1 rings (SSSR count). The third-order valence-electron chi connectivity index (χ3n) is 10.5. The number of rotatable bonds is 29. The van der Waals surface area contributed by atoms with Crippen LogP contribution in [0.15, 0.2) is 9.98 Å². The summed E-state index contributed by atoms with van der Waals surface area (Å²) >= 11 is 0. The maximum atomic E-state index is 13.8. The lowest BCUT2D eigenvalue weighted by Gasteiger charge is -2.29. The lowest BCUT2D eigenvalue weighted by atomic mass is 9.97. The average molecular weight is 940 g/mol. The summed E-state index contributed by atoms with van der Waals surface area (Å²) in [5, 5.41) is 37.4. The average Bonchev–Trinajstić information content (AvgIpc) is 3.75. The molecule has 0 aliphatic carbocycles. The second kappa shape index (κ2) is 29.3. The van der Waals surface area contributed by atoms with E-state index in [-0.39, 0.29) is 76.0 Å². The molecule has 1 fully saturated rings. The number of likely N-dealkylation sites (tertiary alicyclic amines) is 1. The van der Waals surface area contributed by atoms with Crippen molar-refractivity contribution < 1.29 is 53.4 Å². The van der Waals surface area contributed by atoms with Gasteiger partial charge in [0.15, 0.2) is 11.9 Å². The van der Waals surface area contributed by atoms with E-state index in [2.05, 4.69) is 47.2 Å². The van der Waals surface area contributed by atoms with Gasteiger partial charge in [0.25, 0.3) is 0 Å². The lowest BCUT2D eigenvalue weighted by molar-refractivity contribution is -0.144. The number of hydrogen-bond acceptors (Lipinski definition) is 13. The number of aliphatic hydroxyl groups excluding tert-OH is 1. The van der Waals surface area contributed by atoms with Gasteiger partial charge in [0.2, 0.25) is 47.3 Å². The van der Waals surface area contributed by atoms with Crippen LogP contribution in [0.4, 0.5) is 0 Å². The van der Waals surface area contributed by atoms with Crippen LogP contribution in [-0.2, 0) is 43.2 Å². The van der Waals surface area contributed by atoms with E-state index >= 15 is 0 Å². The summed E-state index contributed by atoms with van der Waals surface area (Å²) in [6.07, 6.45) is 1.64. The van der Waals surface area contributed by atoms with Crippen molar-refractivity contribution >= 4 is 65.1 Å². The van der Waals surface area contributed by atoms with Crippen LogP contribution in [0, 0.1) is 11.8 Å². The molecule has 0 spiro atoms. The predicted molar refractivity (Wildman–Crippen MR) is 242 cm³/mol. The molecule has 1 saturated heterocycles. The van der Waals surface area contributed by atoms with Crippen molar-refractivity contribution in [3.05, 3.63) is 0 Å². The van der Waals surface area contributed by atoms with Gasteiger partial charge in [-0.25, -0.2) is 4.79 Å². The Bertz CT molecular complexity index is 1740. The van der Waals surface area contributed by atoms with Gasteiger partial charge in [-0.3, -0.25) is 48.3 Å². The zero-order valence-electron chi connectivity index (χ0n) is 38.8. The standard InChI is InChI=1S/C40H73N15O11/c1-7-21(4)30(54-34(61)24(11-8-14-46-39(42)43)50-32(59)23(6)49-31(58)22(5)41)37(64)53-27(19-56)35(62)52-26(17-20(2)3)33(60)48-18-29(57)55-16-10-13-28(55)36(63)51-25(38(65)66)12-9-15-47-40(44)45/h20-28,30,56H,7-19,41H2,1-6H3,(H,48,60)(H,49,58)(H,50,59)(H,51,63)(H,52,62)(H,53,64)(H,54,61)(H,65,66)(H4,42,43,46)(H4,44,45,47)/t21-,22-,23-,24-,25-,26-,27-,28-,30-/m0/s1. The molecule has 66 heavy (non-hydrogen) atoms. The topological polar surface area (TPSA) is 436 Å². The van der Waals surface area contributed by atoms with E-state index in [0.29, 0.717) is 12.8 Å². The number of carbonyl (C=O) groups is 9. The van der Waals surface area contributed by atoms with Crippen LogP contribution in [-0.4, -0.2) is 161 Å². The Balaban J connectivity index is 3.11. The molecule has 1 aliphatic heterocycles. The molecule has 0 radical (unpaired) electrons. The quantitative estimate of drug-likeness (QED) is 0.0189. The van der Waals surface area contributed by atoms with Crippen LogP contribution in [0.1, 0.15) is 92.9 Å². The van der Waals surface area contributed by atoms with Crippen molar-refractivity contribution in [3.63, 3.8) is 0 Å².